The highest BCUT2D eigenvalue weighted by molar-refractivity contribution is 5.27. The average molecular weight is 625 g/mol. The van der Waals surface area contributed by atoms with Gasteiger partial charge in [-0.2, -0.15) is 0 Å². The summed E-state index contributed by atoms with van der Waals surface area (Å²) in [4.78, 5) is 0. The highest BCUT2D eigenvalue weighted by Crippen LogP contribution is 2.15. The first-order valence-corrected chi connectivity index (χ1v) is 18.0. The van der Waals surface area contributed by atoms with Crippen LogP contribution in [0, 0.1) is 0 Å². The molecule has 0 aliphatic carbocycles. The van der Waals surface area contributed by atoms with Gasteiger partial charge in [0.1, 0.15) is 12.4 Å². The van der Waals surface area contributed by atoms with Crippen molar-refractivity contribution in [3.8, 4) is 5.75 Å². The summed E-state index contributed by atoms with van der Waals surface area (Å²) in [6, 6.07) is 8.49. The van der Waals surface area contributed by atoms with E-state index in [0.717, 1.165) is 25.2 Å². The molecule has 0 spiro atoms. The molecule has 44 heavy (non-hydrogen) atoms. The first kappa shape index (κ1) is 40.8. The van der Waals surface area contributed by atoms with Crippen molar-refractivity contribution in [1.29, 1.82) is 0 Å². The monoisotopic (exact) mass is 624 g/mol. The molecule has 1 aromatic rings. The third-order valence-corrected chi connectivity index (χ3v) is 7.49. The van der Waals surface area contributed by atoms with Gasteiger partial charge < -0.3 is 33.2 Å². The fraction of sp³-hybridized carbons (Fsp3) is 0.838. The predicted octanol–water partition coefficient (Wildman–Crippen LogP) is 8.60. The van der Waals surface area contributed by atoms with Gasteiger partial charge in [0, 0.05) is 6.61 Å². The summed E-state index contributed by atoms with van der Waals surface area (Å²) in [6.07, 6.45) is 21.2. The number of hydrogen-bond donors (Lipinski definition) is 0. The summed E-state index contributed by atoms with van der Waals surface area (Å²) in [5, 5.41) is 0. The van der Waals surface area contributed by atoms with E-state index in [0.29, 0.717) is 79.3 Å². The summed E-state index contributed by atoms with van der Waals surface area (Å²) in [7, 11) is 0. The second-order valence-corrected chi connectivity index (χ2v) is 11.5. The lowest BCUT2D eigenvalue weighted by atomic mass is 10.0. The SMILES string of the molecule is CCCCCCCCCCOCCOCCOCCOCCOCCOCCOc1ccc(CCCCCCCCC)cc1. The van der Waals surface area contributed by atoms with Gasteiger partial charge in [-0.1, -0.05) is 109 Å². The molecule has 0 N–H and O–H groups in total. The van der Waals surface area contributed by atoms with Crippen LogP contribution in [0.4, 0.5) is 0 Å². The molecule has 0 bridgehead atoms. The quantitative estimate of drug-likeness (QED) is 0.0693. The molecule has 1 aromatic carbocycles. The van der Waals surface area contributed by atoms with Crippen LogP contribution in [0.15, 0.2) is 24.3 Å². The van der Waals surface area contributed by atoms with E-state index in [1.165, 1.54) is 95.5 Å². The predicted molar refractivity (Wildman–Crippen MR) is 181 cm³/mol. The van der Waals surface area contributed by atoms with E-state index in [2.05, 4.69) is 38.1 Å². The van der Waals surface area contributed by atoms with Crippen LogP contribution >= 0.6 is 0 Å². The Balaban J connectivity index is 1.73. The molecule has 0 heterocycles. The topological polar surface area (TPSA) is 64.6 Å². The number of rotatable bonds is 36. The van der Waals surface area contributed by atoms with Gasteiger partial charge in [0.05, 0.1) is 72.7 Å². The number of benzene rings is 1. The van der Waals surface area contributed by atoms with Crippen LogP contribution in [0.25, 0.3) is 0 Å². The van der Waals surface area contributed by atoms with Crippen molar-refractivity contribution in [3.63, 3.8) is 0 Å². The second-order valence-electron chi connectivity index (χ2n) is 11.5. The normalized spacial score (nSPS) is 11.4. The fourth-order valence-corrected chi connectivity index (χ4v) is 4.80. The molecule has 0 unspecified atom stereocenters. The number of unbranched alkanes of at least 4 members (excludes halogenated alkanes) is 13. The third kappa shape index (κ3) is 29.5. The molecule has 7 heteroatoms. The summed E-state index contributed by atoms with van der Waals surface area (Å²) in [6.45, 7) is 12.2. The van der Waals surface area contributed by atoms with Crippen molar-refractivity contribution >= 4 is 0 Å². The Morgan fingerprint density at radius 3 is 1.11 bits per heavy atom. The molecule has 0 amide bonds. The zero-order valence-electron chi connectivity index (χ0n) is 28.7. The molecule has 0 radical (unpaired) electrons. The van der Waals surface area contributed by atoms with Gasteiger partial charge >= 0.3 is 0 Å². The first-order valence-electron chi connectivity index (χ1n) is 18.0. The Labute approximate surface area is 271 Å². The maximum absolute atomic E-state index is 5.79. The summed E-state index contributed by atoms with van der Waals surface area (Å²) in [5.41, 5.74) is 1.39. The number of aryl methyl sites for hydroxylation is 1. The van der Waals surface area contributed by atoms with Crippen LogP contribution in [0.2, 0.25) is 0 Å². The standard InChI is InChI=1S/C37H68O7/c1-3-5-7-9-11-13-15-17-23-38-24-25-39-26-27-40-28-29-41-30-31-42-32-33-43-34-35-44-37-21-19-36(20-22-37)18-16-14-12-10-8-6-4-2/h19-22H,3-18,23-35H2,1-2H3. The third-order valence-electron chi connectivity index (χ3n) is 7.49. The van der Waals surface area contributed by atoms with Gasteiger partial charge in [-0.3, -0.25) is 0 Å². The lowest BCUT2D eigenvalue weighted by molar-refractivity contribution is -0.0179. The molecule has 1 rings (SSSR count). The Kier molecular flexibility index (Phi) is 32.1. The van der Waals surface area contributed by atoms with Gasteiger partial charge in [-0.25, -0.2) is 0 Å². The lowest BCUT2D eigenvalue weighted by Gasteiger charge is -2.09. The van der Waals surface area contributed by atoms with Crippen LogP contribution in [0.5, 0.6) is 5.75 Å². The fourth-order valence-electron chi connectivity index (χ4n) is 4.80. The largest absolute Gasteiger partial charge is 0.491 e. The Hall–Kier alpha value is -1.22. The number of ether oxygens (including phenoxy) is 7. The lowest BCUT2D eigenvalue weighted by Crippen LogP contribution is -2.14. The van der Waals surface area contributed by atoms with Crippen molar-refractivity contribution in [3.05, 3.63) is 29.8 Å². The highest BCUT2D eigenvalue weighted by atomic mass is 16.6. The Morgan fingerprint density at radius 2 is 0.682 bits per heavy atom. The van der Waals surface area contributed by atoms with Crippen molar-refractivity contribution in [2.75, 3.05) is 85.9 Å². The van der Waals surface area contributed by atoms with Crippen molar-refractivity contribution in [1.82, 2.24) is 0 Å². The molecule has 0 saturated carbocycles. The molecule has 0 aliphatic rings. The highest BCUT2D eigenvalue weighted by Gasteiger charge is 1.99. The van der Waals surface area contributed by atoms with Crippen molar-refractivity contribution < 1.29 is 33.2 Å². The van der Waals surface area contributed by atoms with E-state index >= 15 is 0 Å². The van der Waals surface area contributed by atoms with E-state index in [9.17, 15) is 0 Å². The van der Waals surface area contributed by atoms with Crippen LogP contribution in [0.3, 0.4) is 0 Å². The molecule has 258 valence electrons. The molecule has 0 saturated heterocycles. The second kappa shape index (κ2) is 34.6. The summed E-state index contributed by atoms with van der Waals surface area (Å²) >= 11 is 0. The van der Waals surface area contributed by atoms with E-state index in [1.54, 1.807) is 0 Å². The van der Waals surface area contributed by atoms with Gasteiger partial charge in [0.25, 0.3) is 0 Å². The molecule has 0 aliphatic heterocycles. The zero-order chi connectivity index (χ0) is 31.4. The molecule has 0 atom stereocenters. The van der Waals surface area contributed by atoms with Crippen LogP contribution in [-0.2, 0) is 34.8 Å². The molecule has 0 fully saturated rings. The first-order chi connectivity index (χ1) is 21.9. The maximum atomic E-state index is 5.79. The van der Waals surface area contributed by atoms with Crippen LogP contribution in [-0.4, -0.2) is 85.9 Å². The minimum atomic E-state index is 0.540. The molecule has 7 nitrogen and oxygen atoms in total. The van der Waals surface area contributed by atoms with Gasteiger partial charge in [-0.15, -0.1) is 0 Å². The summed E-state index contributed by atoms with van der Waals surface area (Å²) in [5.74, 6) is 0.899. The molecular formula is C37H68O7. The molecule has 0 aromatic heterocycles. The van der Waals surface area contributed by atoms with Gasteiger partial charge in [0.2, 0.25) is 0 Å². The number of hydrogen-bond acceptors (Lipinski definition) is 7. The van der Waals surface area contributed by atoms with Crippen LogP contribution in [0.1, 0.15) is 116 Å². The molecular weight excluding hydrogens is 556 g/mol. The van der Waals surface area contributed by atoms with E-state index in [4.69, 9.17) is 33.2 Å². The Bertz CT molecular complexity index is 670. The van der Waals surface area contributed by atoms with E-state index in [1.807, 2.05) is 0 Å². The average Bonchev–Trinajstić information content (AvgIpc) is 3.04. The van der Waals surface area contributed by atoms with Crippen molar-refractivity contribution in [2.45, 2.75) is 117 Å². The minimum absolute atomic E-state index is 0.540. The smallest absolute Gasteiger partial charge is 0.119 e. The van der Waals surface area contributed by atoms with Gasteiger partial charge in [-0.05, 0) is 37.0 Å². The van der Waals surface area contributed by atoms with Gasteiger partial charge in [0.15, 0.2) is 0 Å². The summed E-state index contributed by atoms with van der Waals surface area (Å²) < 4.78 is 39.2. The minimum Gasteiger partial charge on any atom is -0.491 e. The zero-order valence-corrected chi connectivity index (χ0v) is 28.7. The van der Waals surface area contributed by atoms with E-state index in [-0.39, 0.29) is 0 Å². The van der Waals surface area contributed by atoms with Crippen molar-refractivity contribution in [2.24, 2.45) is 0 Å². The maximum Gasteiger partial charge on any atom is 0.119 e. The van der Waals surface area contributed by atoms with E-state index < -0.39 is 0 Å². The Morgan fingerprint density at radius 1 is 0.341 bits per heavy atom. The van der Waals surface area contributed by atoms with Crippen LogP contribution < -0.4 is 4.74 Å².